The first-order valence-electron chi connectivity index (χ1n) is 11.2. The smallest absolute Gasteiger partial charge is 0.256 e. The Morgan fingerprint density at radius 3 is 2.56 bits per heavy atom. The van der Waals surface area contributed by atoms with Gasteiger partial charge >= 0.3 is 0 Å². The van der Waals surface area contributed by atoms with Gasteiger partial charge in [-0.1, -0.05) is 23.2 Å². The maximum absolute atomic E-state index is 13.6. The quantitative estimate of drug-likeness (QED) is 0.364. The first kappa shape index (κ1) is 24.5. The van der Waals surface area contributed by atoms with Crippen LogP contribution < -0.4 is 10.1 Å². The van der Waals surface area contributed by atoms with E-state index in [9.17, 15) is 13.2 Å². The zero-order valence-electron chi connectivity index (χ0n) is 19.5. The molecule has 1 aliphatic heterocycles. The summed E-state index contributed by atoms with van der Waals surface area (Å²) in [7, 11) is -1.57. The van der Waals surface area contributed by atoms with Crippen LogP contribution in [0.25, 0.3) is 22.3 Å². The fraction of sp³-hybridized carbons (Fsp3) is 0.240. The van der Waals surface area contributed by atoms with E-state index in [1.54, 1.807) is 55.1 Å². The highest BCUT2D eigenvalue weighted by Gasteiger charge is 2.32. The first-order chi connectivity index (χ1) is 17.1. The summed E-state index contributed by atoms with van der Waals surface area (Å²) in [5, 5.41) is 8.79. The van der Waals surface area contributed by atoms with Crippen molar-refractivity contribution in [3.63, 3.8) is 0 Å². The van der Waals surface area contributed by atoms with E-state index in [1.165, 1.54) is 0 Å². The van der Waals surface area contributed by atoms with Gasteiger partial charge in [-0.05, 0) is 61.9 Å². The van der Waals surface area contributed by atoms with Crippen molar-refractivity contribution in [3.05, 3.63) is 69.8 Å². The summed E-state index contributed by atoms with van der Waals surface area (Å²) in [4.78, 5) is 18.4. The number of nitrogens with zero attached hydrogens (tertiary/aromatic N) is 3. The van der Waals surface area contributed by atoms with Gasteiger partial charge in [-0.2, -0.15) is 5.10 Å². The maximum atomic E-state index is 13.6. The Bertz CT molecular complexity index is 1600. The van der Waals surface area contributed by atoms with Crippen LogP contribution >= 0.6 is 23.2 Å². The van der Waals surface area contributed by atoms with Crippen molar-refractivity contribution in [1.82, 2.24) is 14.8 Å². The molecule has 2 aromatic heterocycles. The molecule has 186 valence electrons. The summed E-state index contributed by atoms with van der Waals surface area (Å²) in [6.07, 6.45) is 0.437. The monoisotopic (exact) mass is 544 g/mol. The van der Waals surface area contributed by atoms with E-state index in [4.69, 9.17) is 32.9 Å². The number of benzene rings is 2. The Morgan fingerprint density at radius 2 is 1.89 bits per heavy atom. The third kappa shape index (κ3) is 4.66. The Labute approximate surface area is 218 Å². The van der Waals surface area contributed by atoms with Crippen LogP contribution in [-0.4, -0.2) is 47.7 Å². The molecule has 1 fully saturated rings. The van der Waals surface area contributed by atoms with Gasteiger partial charge in [0.1, 0.15) is 5.75 Å². The van der Waals surface area contributed by atoms with Crippen LogP contribution in [0, 0.1) is 6.92 Å². The number of rotatable bonds is 5. The number of ether oxygens (including phenoxy) is 1. The number of anilines is 1. The SMILES string of the molecule is COc1ccc(-c2cc(C(=O)Nc3cc(Cl)ccc3Cl)c3c(C)nn(C4CCS(=O)(=O)C4)c3n2)cc1. The molecule has 1 amide bonds. The average molecular weight is 545 g/mol. The topological polar surface area (TPSA) is 103 Å². The van der Waals surface area contributed by atoms with E-state index in [0.29, 0.717) is 55.9 Å². The van der Waals surface area contributed by atoms with Crippen molar-refractivity contribution in [2.24, 2.45) is 0 Å². The summed E-state index contributed by atoms with van der Waals surface area (Å²) < 4.78 is 31.3. The molecule has 4 aromatic rings. The van der Waals surface area contributed by atoms with E-state index in [-0.39, 0.29) is 17.5 Å². The molecule has 0 radical (unpaired) electrons. The third-order valence-electron chi connectivity index (χ3n) is 6.20. The minimum Gasteiger partial charge on any atom is -0.497 e. The number of fused-ring (bicyclic) bond motifs is 1. The molecule has 1 N–H and O–H groups in total. The second kappa shape index (κ2) is 9.38. The Morgan fingerprint density at radius 1 is 1.14 bits per heavy atom. The molecule has 1 saturated heterocycles. The number of pyridine rings is 1. The second-order valence-electron chi connectivity index (χ2n) is 8.65. The van der Waals surface area contributed by atoms with E-state index >= 15 is 0 Å². The first-order valence-corrected chi connectivity index (χ1v) is 13.7. The highest BCUT2D eigenvalue weighted by atomic mass is 35.5. The number of methoxy groups -OCH3 is 1. The van der Waals surface area contributed by atoms with Gasteiger partial charge < -0.3 is 10.1 Å². The van der Waals surface area contributed by atoms with Crippen LogP contribution in [0.2, 0.25) is 10.0 Å². The highest BCUT2D eigenvalue weighted by Crippen LogP contribution is 2.33. The number of hydrogen-bond acceptors (Lipinski definition) is 6. The molecule has 2 aromatic carbocycles. The minimum atomic E-state index is -3.16. The number of aryl methyl sites for hydroxylation is 1. The summed E-state index contributed by atoms with van der Waals surface area (Å²) in [5.41, 5.74) is 3.03. The number of aromatic nitrogens is 3. The van der Waals surface area contributed by atoms with Gasteiger partial charge in [0, 0.05) is 10.6 Å². The molecule has 1 aliphatic rings. The molecule has 5 rings (SSSR count). The Hall–Kier alpha value is -3.14. The van der Waals surface area contributed by atoms with Crippen LogP contribution in [0.1, 0.15) is 28.5 Å². The predicted molar refractivity (Wildman–Crippen MR) is 141 cm³/mol. The lowest BCUT2D eigenvalue weighted by molar-refractivity contribution is 0.102. The van der Waals surface area contributed by atoms with Crippen LogP contribution in [0.5, 0.6) is 5.75 Å². The van der Waals surface area contributed by atoms with Crippen molar-refractivity contribution in [2.75, 3.05) is 23.9 Å². The number of amides is 1. The van der Waals surface area contributed by atoms with Crippen molar-refractivity contribution in [2.45, 2.75) is 19.4 Å². The maximum Gasteiger partial charge on any atom is 0.256 e. The molecule has 8 nitrogen and oxygen atoms in total. The molecule has 3 heterocycles. The molecule has 0 saturated carbocycles. The average Bonchev–Trinajstić information content (AvgIpc) is 3.39. The highest BCUT2D eigenvalue weighted by molar-refractivity contribution is 7.91. The van der Waals surface area contributed by atoms with Crippen molar-refractivity contribution >= 4 is 55.7 Å². The van der Waals surface area contributed by atoms with E-state index < -0.39 is 15.7 Å². The van der Waals surface area contributed by atoms with Crippen molar-refractivity contribution < 1.29 is 17.9 Å². The Kier molecular flexibility index (Phi) is 6.40. The molecule has 0 spiro atoms. The molecular weight excluding hydrogens is 523 g/mol. The van der Waals surface area contributed by atoms with Crippen LogP contribution in [0.3, 0.4) is 0 Å². The lowest BCUT2D eigenvalue weighted by atomic mass is 10.0. The van der Waals surface area contributed by atoms with Gasteiger partial charge in [0.2, 0.25) is 0 Å². The molecule has 11 heteroatoms. The summed E-state index contributed by atoms with van der Waals surface area (Å²) in [6, 6.07) is 13.4. The van der Waals surface area contributed by atoms with Gasteiger partial charge in [-0.15, -0.1) is 0 Å². The fourth-order valence-corrected chi connectivity index (χ4v) is 6.44. The zero-order valence-corrected chi connectivity index (χ0v) is 21.8. The van der Waals surface area contributed by atoms with Gasteiger partial charge in [-0.25, -0.2) is 18.1 Å². The summed E-state index contributed by atoms with van der Waals surface area (Å²) >= 11 is 12.4. The molecule has 0 bridgehead atoms. The van der Waals surface area contributed by atoms with Crippen LogP contribution in [0.4, 0.5) is 5.69 Å². The van der Waals surface area contributed by atoms with Gasteiger partial charge in [0.25, 0.3) is 5.91 Å². The van der Waals surface area contributed by atoms with Gasteiger partial charge in [0.05, 0.1) is 57.7 Å². The zero-order chi connectivity index (χ0) is 25.6. The van der Waals surface area contributed by atoms with Gasteiger partial charge in [0.15, 0.2) is 15.5 Å². The molecular formula is C25H22Cl2N4O4S. The standard InChI is InChI=1S/C25H22Cl2N4O4S/c1-14-23-19(25(32)29-22-11-16(26)5-8-20(22)27)12-21(15-3-6-18(35-2)7-4-15)28-24(23)31(30-14)17-9-10-36(33,34)13-17/h3-8,11-12,17H,9-10,13H2,1-2H3,(H,29,32). The number of carbonyl (C=O) groups is 1. The largest absolute Gasteiger partial charge is 0.497 e. The number of hydrogen-bond donors (Lipinski definition) is 1. The Balaban J connectivity index is 1.68. The minimum absolute atomic E-state index is 0.0166. The molecule has 0 aliphatic carbocycles. The third-order valence-corrected chi connectivity index (χ3v) is 8.51. The van der Waals surface area contributed by atoms with E-state index in [1.807, 2.05) is 12.1 Å². The summed E-state index contributed by atoms with van der Waals surface area (Å²) in [6.45, 7) is 1.78. The second-order valence-corrected chi connectivity index (χ2v) is 11.7. The van der Waals surface area contributed by atoms with Crippen LogP contribution in [0.15, 0.2) is 48.5 Å². The lowest BCUT2D eigenvalue weighted by Gasteiger charge is -2.13. The molecule has 36 heavy (non-hydrogen) atoms. The van der Waals surface area contributed by atoms with Crippen LogP contribution in [-0.2, 0) is 9.84 Å². The predicted octanol–water partition coefficient (Wildman–Crippen LogP) is 5.33. The fourth-order valence-electron chi connectivity index (χ4n) is 4.41. The van der Waals surface area contributed by atoms with Crippen molar-refractivity contribution in [1.29, 1.82) is 0 Å². The van der Waals surface area contributed by atoms with E-state index in [0.717, 1.165) is 5.56 Å². The normalized spacial score (nSPS) is 16.8. The lowest BCUT2D eigenvalue weighted by Crippen LogP contribution is -2.15. The number of sulfone groups is 1. The molecule has 1 unspecified atom stereocenters. The molecule has 1 atom stereocenters. The van der Waals surface area contributed by atoms with E-state index in [2.05, 4.69) is 10.4 Å². The number of halogens is 2. The van der Waals surface area contributed by atoms with Gasteiger partial charge in [-0.3, -0.25) is 4.79 Å². The number of carbonyl (C=O) groups excluding carboxylic acids is 1. The number of nitrogens with one attached hydrogen (secondary N) is 1. The summed E-state index contributed by atoms with van der Waals surface area (Å²) in [5.74, 6) is 0.349. The van der Waals surface area contributed by atoms with Crippen molar-refractivity contribution in [3.8, 4) is 17.0 Å².